The summed E-state index contributed by atoms with van der Waals surface area (Å²) >= 11 is 0. The van der Waals surface area contributed by atoms with Crippen molar-refractivity contribution in [3.63, 3.8) is 0 Å². The van der Waals surface area contributed by atoms with Gasteiger partial charge in [0, 0.05) is 18.4 Å². The van der Waals surface area contributed by atoms with E-state index in [1.54, 1.807) is 19.2 Å². The first-order valence-electron chi connectivity index (χ1n) is 4.91. The van der Waals surface area contributed by atoms with Crippen molar-refractivity contribution in [1.82, 2.24) is 0 Å². The maximum absolute atomic E-state index is 11.6. The molecule has 3 nitrogen and oxygen atoms in total. The van der Waals surface area contributed by atoms with E-state index in [0.717, 1.165) is 23.2 Å². The normalized spacial score (nSPS) is 18.7. The molecule has 3 heteroatoms. The van der Waals surface area contributed by atoms with Gasteiger partial charge in [-0.25, -0.2) is 0 Å². The minimum Gasteiger partial charge on any atom is -0.497 e. The quantitative estimate of drug-likeness (QED) is 0.707. The van der Waals surface area contributed by atoms with Crippen molar-refractivity contribution in [2.45, 2.75) is 18.8 Å². The Bertz CT molecular complexity index is 409. The van der Waals surface area contributed by atoms with Gasteiger partial charge < -0.3 is 9.53 Å². The smallest absolute Gasteiger partial charge is 0.163 e. The summed E-state index contributed by atoms with van der Waals surface area (Å²) in [6.07, 6.45) is 1.72. The molecule has 1 aliphatic carbocycles. The van der Waals surface area contributed by atoms with Gasteiger partial charge in [-0.05, 0) is 29.7 Å². The lowest BCUT2D eigenvalue weighted by molar-refractivity contribution is -0.108. The maximum atomic E-state index is 11.6. The third-order valence-corrected chi connectivity index (χ3v) is 2.81. The van der Waals surface area contributed by atoms with Crippen LogP contribution in [0.4, 0.5) is 0 Å². The predicted molar refractivity (Wildman–Crippen MR) is 55.4 cm³/mol. The fourth-order valence-corrected chi connectivity index (χ4v) is 2.03. The fraction of sp³-hybridized carbons (Fsp3) is 0.333. The second kappa shape index (κ2) is 3.85. The van der Waals surface area contributed by atoms with Crippen molar-refractivity contribution in [3.05, 3.63) is 29.3 Å². The summed E-state index contributed by atoms with van der Waals surface area (Å²) in [6.45, 7) is 0. The second-order valence-electron chi connectivity index (χ2n) is 3.68. The van der Waals surface area contributed by atoms with E-state index < -0.39 is 0 Å². The zero-order chi connectivity index (χ0) is 10.8. The summed E-state index contributed by atoms with van der Waals surface area (Å²) in [5.41, 5.74) is 1.69. The Morgan fingerprint density at radius 2 is 2.33 bits per heavy atom. The number of ether oxygens (including phenoxy) is 1. The number of Topliss-reactive ketones (excluding diaryl/α,β-unsaturated/α-hetero) is 1. The van der Waals surface area contributed by atoms with Gasteiger partial charge in [-0.1, -0.05) is 0 Å². The monoisotopic (exact) mass is 204 g/mol. The van der Waals surface area contributed by atoms with Crippen LogP contribution < -0.4 is 4.74 Å². The summed E-state index contributed by atoms with van der Waals surface area (Å²) in [4.78, 5) is 22.1. The van der Waals surface area contributed by atoms with Crippen LogP contribution in [0.25, 0.3) is 0 Å². The van der Waals surface area contributed by atoms with E-state index in [0.29, 0.717) is 12.8 Å². The van der Waals surface area contributed by atoms with Crippen molar-refractivity contribution >= 4 is 12.1 Å². The zero-order valence-electron chi connectivity index (χ0n) is 8.53. The Balaban J connectivity index is 2.42. The van der Waals surface area contributed by atoms with Gasteiger partial charge in [0.05, 0.1) is 7.11 Å². The third kappa shape index (κ3) is 1.65. The van der Waals surface area contributed by atoms with Crippen LogP contribution in [0.1, 0.15) is 34.7 Å². The average molecular weight is 204 g/mol. The lowest BCUT2D eigenvalue weighted by atomic mass is 9.98. The van der Waals surface area contributed by atoms with E-state index in [1.807, 2.05) is 6.07 Å². The molecule has 0 bridgehead atoms. The number of aldehydes is 1. The highest BCUT2D eigenvalue weighted by Crippen LogP contribution is 2.36. The summed E-state index contributed by atoms with van der Waals surface area (Å²) in [5, 5.41) is 0. The topological polar surface area (TPSA) is 43.4 Å². The van der Waals surface area contributed by atoms with E-state index in [4.69, 9.17) is 4.74 Å². The number of ketones is 1. The number of carbonyl (C=O) groups is 2. The van der Waals surface area contributed by atoms with Crippen LogP contribution >= 0.6 is 0 Å². The van der Waals surface area contributed by atoms with Gasteiger partial charge in [0.2, 0.25) is 0 Å². The van der Waals surface area contributed by atoms with Crippen LogP contribution in [0.2, 0.25) is 0 Å². The number of rotatable bonds is 3. The van der Waals surface area contributed by atoms with Gasteiger partial charge >= 0.3 is 0 Å². The molecule has 1 aliphatic rings. The molecule has 0 aromatic heterocycles. The molecule has 0 N–H and O–H groups in total. The highest BCUT2D eigenvalue weighted by molar-refractivity contribution is 6.01. The number of hydrogen-bond acceptors (Lipinski definition) is 3. The Labute approximate surface area is 88.1 Å². The number of fused-ring (bicyclic) bond motifs is 1. The highest BCUT2D eigenvalue weighted by atomic mass is 16.5. The van der Waals surface area contributed by atoms with Gasteiger partial charge in [-0.2, -0.15) is 0 Å². The zero-order valence-corrected chi connectivity index (χ0v) is 8.53. The van der Waals surface area contributed by atoms with Gasteiger partial charge in [-0.3, -0.25) is 4.79 Å². The third-order valence-electron chi connectivity index (χ3n) is 2.81. The molecular weight excluding hydrogens is 192 g/mol. The second-order valence-corrected chi connectivity index (χ2v) is 3.68. The molecule has 1 unspecified atom stereocenters. The van der Waals surface area contributed by atoms with Crippen LogP contribution in [0.15, 0.2) is 18.2 Å². The molecular formula is C12H12O3. The van der Waals surface area contributed by atoms with Gasteiger partial charge in [0.1, 0.15) is 12.0 Å². The van der Waals surface area contributed by atoms with E-state index >= 15 is 0 Å². The molecule has 0 spiro atoms. The van der Waals surface area contributed by atoms with Gasteiger partial charge in [0.15, 0.2) is 5.78 Å². The molecule has 0 saturated carbocycles. The molecule has 15 heavy (non-hydrogen) atoms. The molecule has 78 valence electrons. The summed E-state index contributed by atoms with van der Waals surface area (Å²) in [6, 6.07) is 5.41. The van der Waals surface area contributed by atoms with Crippen molar-refractivity contribution in [3.8, 4) is 5.75 Å². The SMILES string of the molecule is COc1ccc2c(c1)C(CC=O)CC2=O. The minimum atomic E-state index is 0.0418. The molecule has 0 amide bonds. The first-order chi connectivity index (χ1) is 7.26. The molecule has 0 heterocycles. The lowest BCUT2D eigenvalue weighted by Gasteiger charge is -2.07. The number of methoxy groups -OCH3 is 1. The molecule has 0 aliphatic heterocycles. The first-order valence-corrected chi connectivity index (χ1v) is 4.91. The van der Waals surface area contributed by atoms with E-state index in [-0.39, 0.29) is 11.7 Å². The Kier molecular flexibility index (Phi) is 2.54. The standard InChI is InChI=1S/C12H12O3/c1-15-9-2-3-10-11(7-9)8(4-5-13)6-12(10)14/h2-3,5,7-8H,4,6H2,1H3. The van der Waals surface area contributed by atoms with Crippen molar-refractivity contribution in [2.24, 2.45) is 0 Å². The molecule has 0 radical (unpaired) electrons. The number of hydrogen-bond donors (Lipinski definition) is 0. The van der Waals surface area contributed by atoms with Crippen molar-refractivity contribution in [2.75, 3.05) is 7.11 Å². The Hall–Kier alpha value is -1.64. The molecule has 0 saturated heterocycles. The summed E-state index contributed by atoms with van der Waals surface area (Å²) < 4.78 is 5.10. The van der Waals surface area contributed by atoms with Crippen LogP contribution in [-0.2, 0) is 4.79 Å². The maximum Gasteiger partial charge on any atom is 0.163 e. The van der Waals surface area contributed by atoms with Crippen molar-refractivity contribution in [1.29, 1.82) is 0 Å². The van der Waals surface area contributed by atoms with Crippen LogP contribution in [0.5, 0.6) is 5.75 Å². The van der Waals surface area contributed by atoms with E-state index in [9.17, 15) is 9.59 Å². The Morgan fingerprint density at radius 1 is 1.53 bits per heavy atom. The van der Waals surface area contributed by atoms with Crippen LogP contribution in [0.3, 0.4) is 0 Å². The number of carbonyl (C=O) groups excluding carboxylic acids is 2. The van der Waals surface area contributed by atoms with E-state index in [1.165, 1.54) is 0 Å². The molecule has 1 atom stereocenters. The fourth-order valence-electron chi connectivity index (χ4n) is 2.03. The highest BCUT2D eigenvalue weighted by Gasteiger charge is 2.29. The van der Waals surface area contributed by atoms with Crippen LogP contribution in [-0.4, -0.2) is 19.2 Å². The van der Waals surface area contributed by atoms with Crippen LogP contribution in [0, 0.1) is 0 Å². The molecule has 2 rings (SSSR count). The number of benzene rings is 1. The molecule has 1 aromatic carbocycles. The largest absolute Gasteiger partial charge is 0.497 e. The predicted octanol–water partition coefficient (Wildman–Crippen LogP) is 1.95. The van der Waals surface area contributed by atoms with Gasteiger partial charge in [0.25, 0.3) is 0 Å². The minimum absolute atomic E-state index is 0.0418. The average Bonchev–Trinajstić information content (AvgIpc) is 2.56. The van der Waals surface area contributed by atoms with E-state index in [2.05, 4.69) is 0 Å². The Morgan fingerprint density at radius 3 is 3.00 bits per heavy atom. The van der Waals surface area contributed by atoms with Crippen molar-refractivity contribution < 1.29 is 14.3 Å². The lowest BCUT2D eigenvalue weighted by Crippen LogP contribution is -1.95. The summed E-state index contributed by atoms with van der Waals surface area (Å²) in [7, 11) is 1.59. The first kappa shape index (κ1) is 9.90. The molecule has 1 aromatic rings. The molecule has 0 fully saturated rings. The summed E-state index contributed by atoms with van der Waals surface area (Å²) in [5.74, 6) is 0.902. The van der Waals surface area contributed by atoms with Gasteiger partial charge in [-0.15, -0.1) is 0 Å².